The standard InChI is InChI=1S/C17H17ClFNO4.C15H12F3NO4S.C5H12NO4P/c1-9(2)15-16(21)20(17(22)24-15)13-8-14(11(18)7-12(13)19)23-10-5-3-4-6-10;1-24(21,22)12-6-9(15(16,17)18)4-5-10(12)13(20)11-7-19-23-14(11)8-2-3-8;1-11(9,10)3-2-4(6)5(7)8/h7-8,10H,3-6H2,1-2H3;4-8H,2-3H2,1H3;4H,2-3,6H2,1H3,(H,7,8)(H,9,10). The van der Waals surface area contributed by atoms with E-state index in [4.69, 9.17) is 41.3 Å². The van der Waals surface area contributed by atoms with Crippen LogP contribution in [0.3, 0.4) is 0 Å². The van der Waals surface area contributed by atoms with Crippen molar-refractivity contribution in [1.82, 2.24) is 5.16 Å². The number of ether oxygens (including phenoxy) is 2. The normalized spacial score (nSPS) is 17.3. The van der Waals surface area contributed by atoms with E-state index in [0.717, 1.165) is 56.9 Å². The van der Waals surface area contributed by atoms with Crippen LogP contribution in [0.25, 0.3) is 0 Å². The molecule has 2 unspecified atom stereocenters. The number of halogens is 5. The number of cyclic esters (lactones) is 1. The van der Waals surface area contributed by atoms with Gasteiger partial charge >= 0.3 is 24.1 Å². The van der Waals surface area contributed by atoms with E-state index in [2.05, 4.69) is 5.16 Å². The number of alkyl halides is 3. The molecule has 15 nitrogen and oxygen atoms in total. The van der Waals surface area contributed by atoms with Crippen molar-refractivity contribution in [2.24, 2.45) is 5.73 Å². The van der Waals surface area contributed by atoms with Gasteiger partial charge in [0.15, 0.2) is 34.5 Å². The minimum absolute atomic E-state index is 0.00962. The molecule has 0 bridgehead atoms. The number of aromatic nitrogens is 1. The number of aliphatic carboxylic acids is 1. The number of ketones is 1. The Morgan fingerprint density at radius 2 is 1.73 bits per heavy atom. The summed E-state index contributed by atoms with van der Waals surface area (Å²) in [6.07, 6.45) is 1.86. The molecular weight excluding hydrogens is 853 g/mol. The Morgan fingerprint density at radius 3 is 2.24 bits per heavy atom. The first-order valence-corrected chi connectivity index (χ1v) is 22.4. The molecule has 4 N–H and O–H groups in total. The fourth-order valence-corrected chi connectivity index (χ4v) is 7.60. The molecule has 2 amide bonds. The van der Waals surface area contributed by atoms with Crippen LogP contribution in [-0.4, -0.2) is 78.6 Å². The average molecular weight is 894 g/mol. The number of nitrogens with two attached hydrogens (primary N) is 1. The van der Waals surface area contributed by atoms with Crippen LogP contribution in [0.15, 0.2) is 57.3 Å². The van der Waals surface area contributed by atoms with Crippen molar-refractivity contribution in [3.63, 3.8) is 0 Å². The van der Waals surface area contributed by atoms with Gasteiger partial charge in [0.05, 0.1) is 39.0 Å². The van der Waals surface area contributed by atoms with E-state index in [1.54, 1.807) is 13.8 Å². The Kier molecular flexibility index (Phi) is 15.0. The number of amides is 2. The molecule has 0 radical (unpaired) electrons. The minimum atomic E-state index is -4.71. The lowest BCUT2D eigenvalue weighted by atomic mass is 10.0. The Hall–Kier alpha value is -4.62. The number of carboxylic acid groups (broad SMARTS) is 1. The molecule has 0 spiro atoms. The molecule has 6 rings (SSSR count). The van der Waals surface area contributed by atoms with Crippen LogP contribution in [0.5, 0.6) is 5.75 Å². The fourth-order valence-electron chi connectivity index (χ4n) is 5.75. The summed E-state index contributed by atoms with van der Waals surface area (Å²) in [7, 11) is -7.14. The zero-order chi connectivity index (χ0) is 44.2. The summed E-state index contributed by atoms with van der Waals surface area (Å²) < 4.78 is 103. The molecule has 322 valence electrons. The molecular formula is C37H41ClF4N3O12PS. The summed E-state index contributed by atoms with van der Waals surface area (Å²) in [6.45, 7) is 4.45. The molecule has 2 atom stereocenters. The van der Waals surface area contributed by atoms with Crippen molar-refractivity contribution in [3.05, 3.63) is 81.2 Å². The van der Waals surface area contributed by atoms with Crippen LogP contribution in [-0.2, 0) is 34.9 Å². The van der Waals surface area contributed by atoms with E-state index < -0.39 is 69.5 Å². The molecule has 3 aromatic rings. The molecule has 3 aliphatic rings. The Labute approximate surface area is 340 Å². The van der Waals surface area contributed by atoms with Crippen molar-refractivity contribution in [1.29, 1.82) is 0 Å². The zero-order valence-corrected chi connectivity index (χ0v) is 34.5. The third-order valence-electron chi connectivity index (χ3n) is 8.98. The number of imide groups is 1. The molecule has 1 aliphatic heterocycles. The fraction of sp³-hybridized carbons (Fsp3) is 0.432. The minimum Gasteiger partial charge on any atom is -0.489 e. The lowest BCUT2D eigenvalue weighted by molar-refractivity contribution is -0.139. The van der Waals surface area contributed by atoms with Gasteiger partial charge in [0, 0.05) is 36.6 Å². The van der Waals surface area contributed by atoms with Gasteiger partial charge < -0.3 is 29.7 Å². The number of rotatable bonds is 11. The maximum atomic E-state index is 14.3. The smallest absolute Gasteiger partial charge is 0.427 e. The second-order valence-corrected chi connectivity index (χ2v) is 19.2. The number of carboxylic acids is 1. The Bertz CT molecular complexity index is 2300. The summed E-state index contributed by atoms with van der Waals surface area (Å²) in [5.74, 6) is -2.79. The van der Waals surface area contributed by atoms with E-state index in [9.17, 15) is 49.7 Å². The van der Waals surface area contributed by atoms with Gasteiger partial charge in [0.1, 0.15) is 17.6 Å². The van der Waals surface area contributed by atoms with Gasteiger partial charge in [-0.1, -0.05) is 16.8 Å². The van der Waals surface area contributed by atoms with Crippen molar-refractivity contribution in [2.45, 2.75) is 87.9 Å². The van der Waals surface area contributed by atoms with Gasteiger partial charge in [0.2, 0.25) is 0 Å². The van der Waals surface area contributed by atoms with Gasteiger partial charge in [-0.2, -0.15) is 13.2 Å². The number of hydrogen-bond donors (Lipinski definition) is 3. The van der Waals surface area contributed by atoms with Crippen LogP contribution in [0, 0.1) is 5.82 Å². The molecule has 1 aromatic heterocycles. The second-order valence-electron chi connectivity index (χ2n) is 14.3. The molecule has 2 saturated carbocycles. The molecule has 22 heteroatoms. The number of nitrogens with zero attached hydrogens (tertiary/aromatic N) is 2. The summed E-state index contributed by atoms with van der Waals surface area (Å²) in [4.78, 5) is 55.9. The molecule has 3 fully saturated rings. The number of allylic oxidation sites excluding steroid dienone is 1. The van der Waals surface area contributed by atoms with Crippen molar-refractivity contribution in [2.75, 3.05) is 24.0 Å². The maximum Gasteiger partial charge on any atom is 0.427 e. The highest BCUT2D eigenvalue weighted by molar-refractivity contribution is 7.90. The van der Waals surface area contributed by atoms with Gasteiger partial charge in [-0.15, -0.1) is 0 Å². The molecule has 59 heavy (non-hydrogen) atoms. The van der Waals surface area contributed by atoms with Gasteiger partial charge in [-0.3, -0.25) is 18.9 Å². The average Bonchev–Trinajstić information content (AvgIpc) is 3.47. The van der Waals surface area contributed by atoms with Crippen molar-refractivity contribution in [3.8, 4) is 5.75 Å². The van der Waals surface area contributed by atoms with Gasteiger partial charge in [-0.25, -0.2) is 22.5 Å². The molecule has 2 heterocycles. The number of anilines is 1. The van der Waals surface area contributed by atoms with Crippen LogP contribution in [0.1, 0.15) is 92.0 Å². The Morgan fingerprint density at radius 1 is 1.10 bits per heavy atom. The number of hydrogen-bond acceptors (Lipinski definition) is 12. The van der Waals surface area contributed by atoms with Crippen LogP contribution >= 0.6 is 19.0 Å². The quantitative estimate of drug-likeness (QED) is 0.0733. The lowest BCUT2D eigenvalue weighted by Gasteiger charge is -2.18. The van der Waals surface area contributed by atoms with Crippen molar-refractivity contribution >= 4 is 58.2 Å². The first-order chi connectivity index (χ1) is 27.3. The number of carbonyl (C=O) groups is 4. The van der Waals surface area contributed by atoms with Gasteiger partial charge in [0.25, 0.3) is 0 Å². The molecule has 2 aromatic carbocycles. The maximum absolute atomic E-state index is 14.3. The van der Waals surface area contributed by atoms with E-state index in [-0.39, 0.29) is 58.0 Å². The van der Waals surface area contributed by atoms with Crippen LogP contribution in [0.4, 0.5) is 28.0 Å². The van der Waals surface area contributed by atoms with Gasteiger partial charge in [-0.05, 0) is 88.6 Å². The SMILES string of the molecule is CC(C)=C1OC(=O)N(c2cc(OC3CCCC3)c(Cl)cc2F)C1=O.CP(=O)(O)CCC(N)C(=O)O.CS(=O)(=O)c1cc(C(F)(F)F)ccc1C(=O)c1cnoc1C1CC1. The second kappa shape index (κ2) is 18.8. The largest absolute Gasteiger partial charge is 0.489 e. The predicted molar refractivity (Wildman–Crippen MR) is 204 cm³/mol. The third kappa shape index (κ3) is 12.5. The van der Waals surface area contributed by atoms with Crippen molar-refractivity contribution < 1.29 is 73.7 Å². The van der Waals surface area contributed by atoms with E-state index in [1.807, 2.05) is 0 Å². The summed E-state index contributed by atoms with van der Waals surface area (Å²) in [5.41, 5.74) is 4.03. The van der Waals surface area contributed by atoms with E-state index in [1.165, 1.54) is 18.9 Å². The number of sulfone groups is 1. The van der Waals surface area contributed by atoms with E-state index >= 15 is 0 Å². The lowest BCUT2D eigenvalue weighted by Crippen LogP contribution is -2.30. The molecule has 2 aliphatic carbocycles. The monoisotopic (exact) mass is 893 g/mol. The van der Waals surface area contributed by atoms with E-state index in [0.29, 0.717) is 28.4 Å². The predicted octanol–water partition coefficient (Wildman–Crippen LogP) is 7.47. The third-order valence-corrected chi connectivity index (χ3v) is 11.5. The van der Waals surface area contributed by atoms with Crippen LogP contribution in [0.2, 0.25) is 5.02 Å². The Balaban J connectivity index is 0.000000210. The molecule has 1 saturated heterocycles. The highest BCUT2D eigenvalue weighted by atomic mass is 35.5. The highest BCUT2D eigenvalue weighted by Crippen LogP contribution is 2.43. The number of benzene rings is 2. The summed E-state index contributed by atoms with van der Waals surface area (Å²) in [6, 6.07) is 3.34. The van der Waals surface area contributed by atoms with Crippen LogP contribution < -0.4 is 15.4 Å². The zero-order valence-electron chi connectivity index (χ0n) is 32.0. The number of carbonyl (C=O) groups excluding carboxylic acids is 3. The summed E-state index contributed by atoms with van der Waals surface area (Å²) in [5, 5.41) is 11.9. The highest BCUT2D eigenvalue weighted by Gasteiger charge is 2.41. The first-order valence-electron chi connectivity index (χ1n) is 17.9. The topological polar surface area (TPSA) is 234 Å². The first kappa shape index (κ1) is 47.1. The summed E-state index contributed by atoms with van der Waals surface area (Å²) >= 11 is 6.04.